The lowest BCUT2D eigenvalue weighted by molar-refractivity contribution is -0.138. The highest BCUT2D eigenvalue weighted by atomic mass is 16.4. The minimum absolute atomic E-state index is 0.0492. The van der Waals surface area contributed by atoms with E-state index in [2.05, 4.69) is 4.98 Å². The molecule has 19 heavy (non-hydrogen) atoms. The third-order valence-corrected chi connectivity index (χ3v) is 3.58. The molecule has 0 atom stereocenters. The molecular formula is C14H18N2O3. The number of pyridine rings is 1. The number of rotatable bonds is 3. The Balaban J connectivity index is 1.96. The number of carboxylic acid groups (broad SMARTS) is 1. The normalized spacial score (nSPS) is 16.4. The zero-order valence-electron chi connectivity index (χ0n) is 11.0. The summed E-state index contributed by atoms with van der Waals surface area (Å²) < 4.78 is 0. The number of aliphatic carboxylic acids is 1. The van der Waals surface area contributed by atoms with Crippen molar-refractivity contribution in [2.24, 2.45) is 5.92 Å². The number of carboxylic acids is 1. The Labute approximate surface area is 112 Å². The van der Waals surface area contributed by atoms with Gasteiger partial charge in [0, 0.05) is 25.7 Å². The summed E-state index contributed by atoms with van der Waals surface area (Å²) in [7, 11) is 0. The summed E-state index contributed by atoms with van der Waals surface area (Å²) in [6.45, 7) is 3.11. The molecule has 1 aromatic rings. The lowest BCUT2D eigenvalue weighted by atomic mass is 9.93. The summed E-state index contributed by atoms with van der Waals surface area (Å²) in [6, 6.07) is 3.68. The molecule has 1 fully saturated rings. The summed E-state index contributed by atoms with van der Waals surface area (Å²) in [5, 5.41) is 8.76. The van der Waals surface area contributed by atoms with E-state index in [0.717, 1.165) is 18.4 Å². The second kappa shape index (κ2) is 5.82. The van der Waals surface area contributed by atoms with Crippen LogP contribution in [0.5, 0.6) is 0 Å². The summed E-state index contributed by atoms with van der Waals surface area (Å²) in [4.78, 5) is 28.9. The summed E-state index contributed by atoms with van der Waals surface area (Å²) in [5.74, 6) is -0.622. The summed E-state index contributed by atoms with van der Waals surface area (Å²) >= 11 is 0. The molecule has 0 aromatic carbocycles. The Hall–Kier alpha value is -1.91. The van der Waals surface area contributed by atoms with Crippen LogP contribution in [0, 0.1) is 12.8 Å². The summed E-state index contributed by atoms with van der Waals surface area (Å²) in [5.41, 5.74) is 1.37. The van der Waals surface area contributed by atoms with Gasteiger partial charge in [-0.1, -0.05) is 6.07 Å². The maximum Gasteiger partial charge on any atom is 0.303 e. The molecule has 0 bridgehead atoms. The fourth-order valence-electron chi connectivity index (χ4n) is 2.45. The fourth-order valence-corrected chi connectivity index (χ4v) is 2.45. The van der Waals surface area contributed by atoms with Crippen molar-refractivity contribution in [3.63, 3.8) is 0 Å². The molecule has 1 aliphatic heterocycles. The first kappa shape index (κ1) is 13.5. The fraction of sp³-hybridized carbons (Fsp3) is 0.500. The number of carbonyl (C=O) groups is 2. The minimum atomic E-state index is -0.759. The molecule has 2 rings (SSSR count). The number of aryl methyl sites for hydroxylation is 1. The topological polar surface area (TPSA) is 70.5 Å². The molecule has 2 heterocycles. The van der Waals surface area contributed by atoms with E-state index in [0.29, 0.717) is 18.8 Å². The van der Waals surface area contributed by atoms with Gasteiger partial charge in [-0.25, -0.2) is 0 Å². The van der Waals surface area contributed by atoms with Crippen molar-refractivity contribution >= 4 is 11.9 Å². The van der Waals surface area contributed by atoms with Crippen molar-refractivity contribution in [1.82, 2.24) is 9.88 Å². The lowest BCUT2D eigenvalue weighted by Crippen LogP contribution is -2.39. The van der Waals surface area contributed by atoms with Crippen LogP contribution in [0.3, 0.4) is 0 Å². The highest BCUT2D eigenvalue weighted by Gasteiger charge is 2.26. The van der Waals surface area contributed by atoms with Crippen molar-refractivity contribution in [3.8, 4) is 0 Å². The summed E-state index contributed by atoms with van der Waals surface area (Å²) in [6.07, 6.45) is 3.33. The minimum Gasteiger partial charge on any atom is -0.481 e. The average molecular weight is 262 g/mol. The van der Waals surface area contributed by atoms with E-state index in [-0.39, 0.29) is 18.2 Å². The Morgan fingerprint density at radius 1 is 1.42 bits per heavy atom. The van der Waals surface area contributed by atoms with Crippen molar-refractivity contribution in [2.75, 3.05) is 13.1 Å². The van der Waals surface area contributed by atoms with Crippen molar-refractivity contribution in [1.29, 1.82) is 0 Å². The predicted octanol–water partition coefficient (Wildman–Crippen LogP) is 1.72. The molecule has 1 N–H and O–H groups in total. The smallest absolute Gasteiger partial charge is 0.303 e. The van der Waals surface area contributed by atoms with E-state index in [1.807, 2.05) is 19.1 Å². The largest absolute Gasteiger partial charge is 0.481 e. The van der Waals surface area contributed by atoms with Gasteiger partial charge in [-0.05, 0) is 37.3 Å². The SMILES string of the molecule is Cc1cccnc1C(=O)N1CCC(CC(=O)O)CC1. The lowest BCUT2D eigenvalue weighted by Gasteiger charge is -2.31. The van der Waals surface area contributed by atoms with Gasteiger partial charge in [-0.3, -0.25) is 14.6 Å². The first-order valence-corrected chi connectivity index (χ1v) is 6.50. The third kappa shape index (κ3) is 3.30. The number of hydrogen-bond acceptors (Lipinski definition) is 3. The van der Waals surface area contributed by atoms with Crippen LogP contribution in [0.1, 0.15) is 35.3 Å². The van der Waals surface area contributed by atoms with Crippen molar-refractivity contribution in [2.45, 2.75) is 26.2 Å². The zero-order chi connectivity index (χ0) is 13.8. The molecule has 1 saturated heterocycles. The van der Waals surface area contributed by atoms with Gasteiger partial charge in [-0.15, -0.1) is 0 Å². The van der Waals surface area contributed by atoms with Gasteiger partial charge in [-0.2, -0.15) is 0 Å². The van der Waals surface area contributed by atoms with Crippen molar-refractivity contribution in [3.05, 3.63) is 29.6 Å². The second-order valence-electron chi connectivity index (χ2n) is 5.00. The van der Waals surface area contributed by atoms with E-state index in [1.54, 1.807) is 11.1 Å². The van der Waals surface area contributed by atoms with Crippen LogP contribution < -0.4 is 0 Å². The number of piperidine rings is 1. The molecule has 0 saturated carbocycles. The van der Waals surface area contributed by atoms with Gasteiger partial charge in [0.1, 0.15) is 5.69 Å². The Morgan fingerprint density at radius 2 is 2.11 bits per heavy atom. The molecule has 1 aliphatic rings. The van der Waals surface area contributed by atoms with E-state index >= 15 is 0 Å². The highest BCUT2D eigenvalue weighted by Crippen LogP contribution is 2.22. The van der Waals surface area contributed by atoms with Gasteiger partial charge in [0.05, 0.1) is 0 Å². The Kier molecular flexibility index (Phi) is 4.14. The maximum absolute atomic E-state index is 12.3. The van der Waals surface area contributed by atoms with E-state index in [9.17, 15) is 9.59 Å². The molecular weight excluding hydrogens is 244 g/mol. The van der Waals surface area contributed by atoms with Crippen LogP contribution in [0.15, 0.2) is 18.3 Å². The van der Waals surface area contributed by atoms with Gasteiger partial charge in [0.25, 0.3) is 5.91 Å². The Morgan fingerprint density at radius 3 is 2.68 bits per heavy atom. The first-order valence-electron chi connectivity index (χ1n) is 6.50. The van der Waals surface area contributed by atoms with Crippen LogP contribution in [-0.2, 0) is 4.79 Å². The van der Waals surface area contributed by atoms with Crippen LogP contribution >= 0.6 is 0 Å². The molecule has 102 valence electrons. The number of carbonyl (C=O) groups excluding carboxylic acids is 1. The number of nitrogens with zero attached hydrogens (tertiary/aromatic N) is 2. The molecule has 5 heteroatoms. The maximum atomic E-state index is 12.3. The standard InChI is InChI=1S/C14H18N2O3/c1-10-3-2-6-15-13(10)14(19)16-7-4-11(5-8-16)9-12(17)18/h2-3,6,11H,4-5,7-9H2,1H3,(H,17,18). The molecule has 5 nitrogen and oxygen atoms in total. The molecule has 0 spiro atoms. The predicted molar refractivity (Wildman–Crippen MR) is 69.9 cm³/mol. The zero-order valence-corrected chi connectivity index (χ0v) is 11.0. The first-order chi connectivity index (χ1) is 9.08. The van der Waals surface area contributed by atoms with E-state index in [1.165, 1.54) is 0 Å². The van der Waals surface area contributed by atoms with E-state index < -0.39 is 5.97 Å². The van der Waals surface area contributed by atoms with Gasteiger partial charge < -0.3 is 10.0 Å². The van der Waals surface area contributed by atoms with Gasteiger partial charge in [0.2, 0.25) is 0 Å². The number of aromatic nitrogens is 1. The monoisotopic (exact) mass is 262 g/mol. The molecule has 1 amide bonds. The second-order valence-corrected chi connectivity index (χ2v) is 5.00. The highest BCUT2D eigenvalue weighted by molar-refractivity contribution is 5.93. The molecule has 0 unspecified atom stereocenters. The Bertz CT molecular complexity index is 479. The average Bonchev–Trinajstić information content (AvgIpc) is 2.39. The van der Waals surface area contributed by atoms with Gasteiger partial charge >= 0.3 is 5.97 Å². The number of likely N-dealkylation sites (tertiary alicyclic amines) is 1. The molecule has 0 aliphatic carbocycles. The number of amides is 1. The van der Waals surface area contributed by atoms with Crippen LogP contribution in [-0.4, -0.2) is 40.0 Å². The number of hydrogen-bond donors (Lipinski definition) is 1. The van der Waals surface area contributed by atoms with Crippen LogP contribution in [0.25, 0.3) is 0 Å². The third-order valence-electron chi connectivity index (χ3n) is 3.58. The van der Waals surface area contributed by atoms with Crippen molar-refractivity contribution < 1.29 is 14.7 Å². The molecule has 1 aromatic heterocycles. The van der Waals surface area contributed by atoms with Crippen LogP contribution in [0.2, 0.25) is 0 Å². The van der Waals surface area contributed by atoms with Crippen LogP contribution in [0.4, 0.5) is 0 Å². The van der Waals surface area contributed by atoms with Gasteiger partial charge in [0.15, 0.2) is 0 Å². The quantitative estimate of drug-likeness (QED) is 0.900. The molecule has 0 radical (unpaired) electrons. The van der Waals surface area contributed by atoms with E-state index in [4.69, 9.17) is 5.11 Å².